The Hall–Kier alpha value is -4.24. The number of hydrazone groups is 1. The van der Waals surface area contributed by atoms with Crippen molar-refractivity contribution in [2.24, 2.45) is 5.10 Å². The van der Waals surface area contributed by atoms with Gasteiger partial charge in [0.2, 0.25) is 10.0 Å². The van der Waals surface area contributed by atoms with Crippen LogP contribution in [0.2, 0.25) is 0 Å². The average Bonchev–Trinajstić information content (AvgIpc) is 2.87. The predicted molar refractivity (Wildman–Crippen MR) is 139 cm³/mol. The molecule has 1 N–H and O–H groups in total. The molecule has 4 aromatic rings. The number of carbonyl (C=O) groups excluding carboxylic acids is 1. The molecule has 36 heavy (non-hydrogen) atoms. The van der Waals surface area contributed by atoms with Gasteiger partial charge in [0, 0.05) is 0 Å². The minimum absolute atomic E-state index is 0.178. The first kappa shape index (κ1) is 24.9. The van der Waals surface area contributed by atoms with Gasteiger partial charge in [-0.3, -0.25) is 9.10 Å². The number of rotatable bonds is 9. The molecule has 1 amide bonds. The Balaban J connectivity index is 1.32. The van der Waals surface area contributed by atoms with Crippen molar-refractivity contribution >= 4 is 38.6 Å². The fraction of sp³-hybridized carbons (Fsp3) is 0.111. The number of sulfonamides is 1. The average molecular weight is 506 g/mol. The summed E-state index contributed by atoms with van der Waals surface area (Å²) >= 11 is 0. The number of carbonyl (C=O) groups is 1. The van der Waals surface area contributed by atoms with E-state index in [0.717, 1.165) is 39.0 Å². The van der Waals surface area contributed by atoms with E-state index in [9.17, 15) is 17.6 Å². The zero-order valence-corrected chi connectivity index (χ0v) is 20.3. The largest absolute Gasteiger partial charge is 0.489 e. The number of amides is 1. The smallest absolute Gasteiger partial charge is 0.260 e. The van der Waals surface area contributed by atoms with Crippen molar-refractivity contribution in [3.05, 3.63) is 108 Å². The molecule has 0 spiro atoms. The van der Waals surface area contributed by atoms with Crippen LogP contribution in [0.1, 0.15) is 11.1 Å². The van der Waals surface area contributed by atoms with Crippen LogP contribution in [0.15, 0.2) is 96.1 Å². The first-order valence-electron chi connectivity index (χ1n) is 11.0. The molecule has 0 heterocycles. The van der Waals surface area contributed by atoms with Gasteiger partial charge in [0.1, 0.15) is 24.7 Å². The van der Waals surface area contributed by atoms with Gasteiger partial charge in [-0.05, 0) is 70.4 Å². The van der Waals surface area contributed by atoms with Crippen molar-refractivity contribution in [2.45, 2.75) is 6.61 Å². The van der Waals surface area contributed by atoms with Crippen LogP contribution in [-0.2, 0) is 21.4 Å². The maximum Gasteiger partial charge on any atom is 0.260 e. The molecule has 4 rings (SSSR count). The molecule has 0 fully saturated rings. The fourth-order valence-electron chi connectivity index (χ4n) is 3.58. The lowest BCUT2D eigenvalue weighted by molar-refractivity contribution is -0.119. The minimum Gasteiger partial charge on any atom is -0.489 e. The molecule has 0 aromatic heterocycles. The summed E-state index contributed by atoms with van der Waals surface area (Å²) in [6.45, 7) is -0.0709. The third-order valence-electron chi connectivity index (χ3n) is 5.36. The summed E-state index contributed by atoms with van der Waals surface area (Å²) in [6.07, 6.45) is 2.41. The SMILES string of the molecule is CS(=O)(=O)N(CC(=O)N/N=C\c1ccc(OCc2cccc3ccccc23)cc1)c1ccc(F)cc1. The van der Waals surface area contributed by atoms with E-state index in [0.29, 0.717) is 17.9 Å². The van der Waals surface area contributed by atoms with Crippen LogP contribution in [0.3, 0.4) is 0 Å². The Bertz CT molecular complexity index is 1480. The summed E-state index contributed by atoms with van der Waals surface area (Å²) in [5.74, 6) is -0.463. The van der Waals surface area contributed by atoms with E-state index < -0.39 is 28.3 Å². The number of hydrogen-bond acceptors (Lipinski definition) is 5. The van der Waals surface area contributed by atoms with Crippen LogP contribution in [0, 0.1) is 5.82 Å². The summed E-state index contributed by atoms with van der Waals surface area (Å²) in [6, 6.07) is 26.2. The molecule has 4 aromatic carbocycles. The van der Waals surface area contributed by atoms with E-state index >= 15 is 0 Å². The number of hydrogen-bond donors (Lipinski definition) is 1. The molecule has 9 heteroatoms. The summed E-state index contributed by atoms with van der Waals surface area (Å²) in [7, 11) is -3.76. The number of halogens is 1. The van der Waals surface area contributed by atoms with Gasteiger partial charge in [0.25, 0.3) is 5.91 Å². The number of nitrogens with one attached hydrogen (secondary N) is 1. The molecule has 7 nitrogen and oxygen atoms in total. The van der Waals surface area contributed by atoms with Crippen LogP contribution >= 0.6 is 0 Å². The van der Waals surface area contributed by atoms with E-state index in [1.807, 2.05) is 24.3 Å². The van der Waals surface area contributed by atoms with Crippen molar-refractivity contribution in [1.82, 2.24) is 5.43 Å². The molecule has 0 atom stereocenters. The third kappa shape index (κ3) is 6.45. The highest BCUT2D eigenvalue weighted by Crippen LogP contribution is 2.21. The molecule has 184 valence electrons. The number of ether oxygens (including phenoxy) is 1. The zero-order chi connectivity index (χ0) is 25.5. The Labute approximate surface area is 208 Å². The summed E-state index contributed by atoms with van der Waals surface area (Å²) < 4.78 is 44.1. The van der Waals surface area contributed by atoms with E-state index in [2.05, 4.69) is 28.7 Å². The van der Waals surface area contributed by atoms with Crippen LogP contribution in [0.25, 0.3) is 10.8 Å². The van der Waals surface area contributed by atoms with Crippen molar-refractivity contribution in [1.29, 1.82) is 0 Å². The first-order valence-corrected chi connectivity index (χ1v) is 12.9. The Morgan fingerprint density at radius 3 is 2.39 bits per heavy atom. The number of nitrogens with zero attached hydrogens (tertiary/aromatic N) is 2. The van der Waals surface area contributed by atoms with Gasteiger partial charge in [-0.2, -0.15) is 5.10 Å². The maximum absolute atomic E-state index is 13.2. The Morgan fingerprint density at radius 2 is 1.67 bits per heavy atom. The van der Waals surface area contributed by atoms with Crippen LogP contribution in [-0.4, -0.2) is 33.3 Å². The molecule has 0 unspecified atom stereocenters. The van der Waals surface area contributed by atoms with Crippen molar-refractivity contribution in [2.75, 3.05) is 17.1 Å². The highest BCUT2D eigenvalue weighted by molar-refractivity contribution is 7.92. The maximum atomic E-state index is 13.2. The van der Waals surface area contributed by atoms with Gasteiger partial charge >= 0.3 is 0 Å². The van der Waals surface area contributed by atoms with Gasteiger partial charge < -0.3 is 4.74 Å². The quantitative estimate of drug-likeness (QED) is 0.269. The second kappa shape index (κ2) is 11.0. The normalized spacial score (nSPS) is 11.5. The molecule has 0 saturated heterocycles. The Morgan fingerprint density at radius 1 is 0.972 bits per heavy atom. The predicted octanol–water partition coefficient (Wildman–Crippen LogP) is 4.47. The molecule has 0 aliphatic heterocycles. The molecule has 0 saturated carbocycles. The lowest BCUT2D eigenvalue weighted by atomic mass is 10.1. The molecule has 0 radical (unpaired) electrons. The van der Waals surface area contributed by atoms with E-state index in [4.69, 9.17) is 4.74 Å². The van der Waals surface area contributed by atoms with E-state index in [-0.39, 0.29) is 5.69 Å². The van der Waals surface area contributed by atoms with Crippen LogP contribution < -0.4 is 14.5 Å². The van der Waals surface area contributed by atoms with E-state index in [1.165, 1.54) is 18.3 Å². The first-order chi connectivity index (χ1) is 17.3. The second-order valence-corrected chi connectivity index (χ2v) is 9.94. The van der Waals surface area contributed by atoms with Crippen molar-refractivity contribution in [3.8, 4) is 5.75 Å². The fourth-order valence-corrected chi connectivity index (χ4v) is 4.44. The topological polar surface area (TPSA) is 88.1 Å². The second-order valence-electron chi connectivity index (χ2n) is 8.04. The lowest BCUT2D eigenvalue weighted by Crippen LogP contribution is -2.39. The standard InChI is InChI=1S/C27H24FN3O4S/c1-36(33,34)31(24-13-11-23(28)12-14-24)18-27(32)30-29-17-20-9-15-25(16-10-20)35-19-22-7-4-6-21-5-2-3-8-26(21)22/h2-17H,18-19H2,1H3,(H,30,32)/b29-17-. The monoisotopic (exact) mass is 505 g/mol. The Kier molecular flexibility index (Phi) is 7.60. The summed E-state index contributed by atoms with van der Waals surface area (Å²) in [4.78, 5) is 12.3. The highest BCUT2D eigenvalue weighted by atomic mass is 32.2. The van der Waals surface area contributed by atoms with Gasteiger partial charge in [0.05, 0.1) is 18.2 Å². The zero-order valence-electron chi connectivity index (χ0n) is 19.5. The number of benzene rings is 4. The molecular weight excluding hydrogens is 481 g/mol. The number of anilines is 1. The molecular formula is C27H24FN3O4S. The number of fused-ring (bicyclic) bond motifs is 1. The van der Waals surface area contributed by atoms with Crippen LogP contribution in [0.4, 0.5) is 10.1 Å². The minimum atomic E-state index is -3.76. The summed E-state index contributed by atoms with van der Waals surface area (Å²) in [5.41, 5.74) is 4.29. The third-order valence-corrected chi connectivity index (χ3v) is 6.50. The summed E-state index contributed by atoms with van der Waals surface area (Å²) in [5, 5.41) is 6.20. The van der Waals surface area contributed by atoms with Gasteiger partial charge in [-0.15, -0.1) is 0 Å². The van der Waals surface area contributed by atoms with Crippen LogP contribution in [0.5, 0.6) is 5.75 Å². The van der Waals surface area contributed by atoms with Gasteiger partial charge in [-0.25, -0.2) is 18.2 Å². The molecule has 0 aliphatic rings. The highest BCUT2D eigenvalue weighted by Gasteiger charge is 2.20. The molecule has 0 bridgehead atoms. The van der Waals surface area contributed by atoms with Gasteiger partial charge in [-0.1, -0.05) is 42.5 Å². The van der Waals surface area contributed by atoms with Gasteiger partial charge in [0.15, 0.2) is 0 Å². The van der Waals surface area contributed by atoms with E-state index in [1.54, 1.807) is 24.3 Å². The van der Waals surface area contributed by atoms with Crippen molar-refractivity contribution in [3.63, 3.8) is 0 Å². The lowest BCUT2D eigenvalue weighted by Gasteiger charge is -2.21. The molecule has 0 aliphatic carbocycles. The van der Waals surface area contributed by atoms with Crippen molar-refractivity contribution < 1.29 is 22.3 Å².